The summed E-state index contributed by atoms with van der Waals surface area (Å²) in [5.41, 5.74) is 6.27. The van der Waals surface area contributed by atoms with Gasteiger partial charge in [0.2, 0.25) is 0 Å². The molecule has 2 N–H and O–H groups in total. The van der Waals surface area contributed by atoms with Crippen molar-refractivity contribution in [3.05, 3.63) is 99.6 Å². The molecule has 0 bridgehead atoms. The first-order valence-corrected chi connectivity index (χ1v) is 11.6. The van der Waals surface area contributed by atoms with Gasteiger partial charge in [-0.1, -0.05) is 59.8 Å². The molecular formula is C28H23NO3S. The first kappa shape index (κ1) is 21.3. The van der Waals surface area contributed by atoms with Gasteiger partial charge in [0.1, 0.15) is 0 Å². The van der Waals surface area contributed by atoms with Crippen molar-refractivity contribution in [1.82, 2.24) is 0 Å². The van der Waals surface area contributed by atoms with E-state index in [1.165, 1.54) is 10.5 Å². The lowest BCUT2D eigenvalue weighted by molar-refractivity contribution is 0.0695. The summed E-state index contributed by atoms with van der Waals surface area (Å²) in [5, 5.41) is 14.5. The van der Waals surface area contributed by atoms with Gasteiger partial charge in [0.15, 0.2) is 0 Å². The summed E-state index contributed by atoms with van der Waals surface area (Å²) in [6.07, 6.45) is 0.738. The zero-order chi connectivity index (χ0) is 23.3. The number of nitrogens with one attached hydrogen (secondary N) is 1. The van der Waals surface area contributed by atoms with Gasteiger partial charge >= 0.3 is 5.97 Å². The van der Waals surface area contributed by atoms with Gasteiger partial charge in [-0.3, -0.25) is 4.79 Å². The summed E-state index contributed by atoms with van der Waals surface area (Å²) < 4.78 is 0. The Hall–Kier alpha value is -3.57. The summed E-state index contributed by atoms with van der Waals surface area (Å²) in [6, 6.07) is 19.6. The van der Waals surface area contributed by atoms with E-state index in [1.807, 2.05) is 63.2 Å². The number of rotatable bonds is 3. The number of hydrogen-bond donors (Lipinski definition) is 2. The molecule has 0 radical (unpaired) electrons. The molecule has 0 spiro atoms. The summed E-state index contributed by atoms with van der Waals surface area (Å²) in [4.78, 5) is 27.9. The molecule has 0 aliphatic carbocycles. The van der Waals surface area contributed by atoms with E-state index in [9.17, 15) is 14.7 Å². The van der Waals surface area contributed by atoms with E-state index in [2.05, 4.69) is 17.4 Å². The lowest BCUT2D eigenvalue weighted by Gasteiger charge is -2.21. The molecular weight excluding hydrogens is 430 g/mol. The van der Waals surface area contributed by atoms with E-state index in [0.717, 1.165) is 44.6 Å². The first-order valence-electron chi connectivity index (χ1n) is 10.8. The average molecular weight is 454 g/mol. The maximum absolute atomic E-state index is 13.2. The number of anilines is 1. The number of carbonyl (C=O) groups excluding carboxylic acids is 1. The van der Waals surface area contributed by atoms with Gasteiger partial charge in [0, 0.05) is 21.9 Å². The quantitative estimate of drug-likeness (QED) is 0.316. The molecule has 5 rings (SSSR count). The molecule has 0 saturated heterocycles. The minimum atomic E-state index is -1.10. The molecule has 1 amide bonds. The number of hydrogen-bond acceptors (Lipinski definition) is 3. The Morgan fingerprint density at radius 1 is 0.879 bits per heavy atom. The van der Waals surface area contributed by atoms with E-state index < -0.39 is 11.9 Å². The number of amides is 1. The van der Waals surface area contributed by atoms with Crippen LogP contribution in [-0.2, 0) is 6.42 Å². The van der Waals surface area contributed by atoms with Crippen LogP contribution in [0.3, 0.4) is 0 Å². The normalized spacial score (nSPS) is 12.2. The predicted molar refractivity (Wildman–Crippen MR) is 133 cm³/mol. The largest absolute Gasteiger partial charge is 0.478 e. The number of carbonyl (C=O) groups is 2. The van der Waals surface area contributed by atoms with Crippen LogP contribution in [0.4, 0.5) is 5.69 Å². The van der Waals surface area contributed by atoms with Gasteiger partial charge in [-0.05, 0) is 72.0 Å². The molecule has 164 valence electrons. The van der Waals surface area contributed by atoms with Crippen LogP contribution in [0.2, 0.25) is 0 Å². The van der Waals surface area contributed by atoms with Crippen LogP contribution >= 0.6 is 11.8 Å². The highest BCUT2D eigenvalue weighted by Gasteiger charge is 2.24. The molecule has 0 atom stereocenters. The standard InChI is InChI=1S/C28H23NO3S/c1-15-12-16(2)26(17(3)13-15)29-27(30)21-9-8-19-20(25(21)28(31)32)10-11-24-22(19)14-18-6-4-5-7-23(18)33-24/h4-13H,14H2,1-3H3,(H,29,30)(H,31,32). The van der Waals surface area contributed by atoms with E-state index in [4.69, 9.17) is 0 Å². The van der Waals surface area contributed by atoms with Gasteiger partial charge in [-0.25, -0.2) is 4.79 Å². The lowest BCUT2D eigenvalue weighted by Crippen LogP contribution is -2.18. The molecule has 0 saturated carbocycles. The van der Waals surface area contributed by atoms with Crippen molar-refractivity contribution in [2.75, 3.05) is 5.32 Å². The average Bonchev–Trinajstić information content (AvgIpc) is 2.78. The summed E-state index contributed by atoms with van der Waals surface area (Å²) in [5.74, 6) is -1.52. The second-order valence-corrected chi connectivity index (χ2v) is 9.63. The van der Waals surface area contributed by atoms with Crippen molar-refractivity contribution in [1.29, 1.82) is 0 Å². The van der Waals surface area contributed by atoms with Crippen molar-refractivity contribution in [3.63, 3.8) is 0 Å². The molecule has 1 aliphatic rings. The Balaban J connectivity index is 1.61. The SMILES string of the molecule is Cc1cc(C)c(NC(=O)c2ccc3c4c(ccc3c2C(=O)O)Sc2ccccc2C4)c(C)c1. The van der Waals surface area contributed by atoms with Gasteiger partial charge in [-0.15, -0.1) is 0 Å². The zero-order valence-electron chi connectivity index (χ0n) is 18.7. The fourth-order valence-electron chi connectivity index (χ4n) is 4.76. The van der Waals surface area contributed by atoms with Crippen molar-refractivity contribution in [2.24, 2.45) is 0 Å². The van der Waals surface area contributed by atoms with Crippen LogP contribution in [0.5, 0.6) is 0 Å². The number of benzene rings is 4. The summed E-state index contributed by atoms with van der Waals surface area (Å²) >= 11 is 1.70. The van der Waals surface area contributed by atoms with Crippen molar-refractivity contribution < 1.29 is 14.7 Å². The van der Waals surface area contributed by atoms with Crippen molar-refractivity contribution in [2.45, 2.75) is 37.0 Å². The number of aromatic carboxylic acids is 1. The van der Waals surface area contributed by atoms with Gasteiger partial charge in [0.25, 0.3) is 5.91 Å². The van der Waals surface area contributed by atoms with Crippen LogP contribution in [-0.4, -0.2) is 17.0 Å². The van der Waals surface area contributed by atoms with Crippen LogP contribution in [0.25, 0.3) is 10.8 Å². The number of carboxylic acids is 1. The van der Waals surface area contributed by atoms with Crippen molar-refractivity contribution in [3.8, 4) is 0 Å². The number of aryl methyl sites for hydroxylation is 3. The van der Waals surface area contributed by atoms with Crippen LogP contribution in [0, 0.1) is 20.8 Å². The topological polar surface area (TPSA) is 66.4 Å². The third kappa shape index (κ3) is 3.68. The smallest absolute Gasteiger partial charge is 0.337 e. The maximum atomic E-state index is 13.2. The molecule has 1 heterocycles. The van der Waals surface area contributed by atoms with Gasteiger partial charge in [-0.2, -0.15) is 0 Å². The fourth-order valence-corrected chi connectivity index (χ4v) is 5.86. The van der Waals surface area contributed by atoms with E-state index in [-0.39, 0.29) is 11.1 Å². The van der Waals surface area contributed by atoms with E-state index in [0.29, 0.717) is 5.39 Å². The molecule has 0 aromatic heterocycles. The second kappa shape index (κ2) is 8.09. The highest BCUT2D eigenvalue weighted by molar-refractivity contribution is 7.99. The number of carboxylic acid groups (broad SMARTS) is 1. The van der Waals surface area contributed by atoms with Gasteiger partial charge in [0.05, 0.1) is 11.1 Å². The minimum Gasteiger partial charge on any atom is -0.478 e. The predicted octanol–water partition coefficient (Wildman–Crippen LogP) is 6.77. The molecule has 0 fully saturated rings. The fraction of sp³-hybridized carbons (Fsp3) is 0.143. The molecule has 4 aromatic rings. The highest BCUT2D eigenvalue weighted by Crippen LogP contribution is 2.43. The first-order chi connectivity index (χ1) is 15.8. The second-order valence-electron chi connectivity index (χ2n) is 8.55. The van der Waals surface area contributed by atoms with Crippen LogP contribution in [0.15, 0.2) is 70.5 Å². The Kier molecular flexibility index (Phi) is 5.22. The third-order valence-electron chi connectivity index (χ3n) is 6.20. The molecule has 1 aliphatic heterocycles. The Labute approximate surface area is 196 Å². The zero-order valence-corrected chi connectivity index (χ0v) is 19.5. The number of fused-ring (bicyclic) bond motifs is 4. The Morgan fingerprint density at radius 2 is 1.58 bits per heavy atom. The van der Waals surface area contributed by atoms with Crippen LogP contribution in [0.1, 0.15) is 48.5 Å². The molecule has 4 aromatic carbocycles. The third-order valence-corrected chi connectivity index (χ3v) is 7.42. The molecule has 5 heteroatoms. The minimum absolute atomic E-state index is 0.0408. The monoisotopic (exact) mass is 453 g/mol. The summed E-state index contributed by atoms with van der Waals surface area (Å²) in [6.45, 7) is 5.89. The van der Waals surface area contributed by atoms with E-state index >= 15 is 0 Å². The Bertz CT molecular complexity index is 1450. The van der Waals surface area contributed by atoms with Gasteiger partial charge < -0.3 is 10.4 Å². The van der Waals surface area contributed by atoms with E-state index in [1.54, 1.807) is 17.8 Å². The molecule has 33 heavy (non-hydrogen) atoms. The molecule has 4 nitrogen and oxygen atoms in total. The molecule has 0 unspecified atom stereocenters. The highest BCUT2D eigenvalue weighted by atomic mass is 32.2. The summed E-state index contributed by atoms with van der Waals surface area (Å²) in [7, 11) is 0. The lowest BCUT2D eigenvalue weighted by atomic mass is 9.92. The van der Waals surface area contributed by atoms with Crippen molar-refractivity contribution >= 4 is 40.1 Å². The Morgan fingerprint density at radius 3 is 2.30 bits per heavy atom. The van der Waals surface area contributed by atoms with Crippen LogP contribution < -0.4 is 5.32 Å². The maximum Gasteiger partial charge on any atom is 0.337 e.